The lowest BCUT2D eigenvalue weighted by Crippen LogP contribution is -2.22. The number of hydrogen-bond donors (Lipinski definition) is 0. The first-order chi connectivity index (χ1) is 8.49. The van der Waals surface area contributed by atoms with Crippen molar-refractivity contribution >= 4 is 27.5 Å². The largest absolute Gasteiger partial charge is 0.316 e. The van der Waals surface area contributed by atoms with Gasteiger partial charge >= 0.3 is 0 Å². The number of halogens is 1. The molecule has 1 amide bonds. The number of hydrogen-bond acceptors (Lipinski definition) is 2. The van der Waals surface area contributed by atoms with Gasteiger partial charge in [-0.15, -0.1) is 0 Å². The molecular formula is C13H14BrN3O. The van der Waals surface area contributed by atoms with E-state index in [4.69, 9.17) is 0 Å². The molecule has 0 radical (unpaired) electrons. The molecule has 18 heavy (non-hydrogen) atoms. The van der Waals surface area contributed by atoms with Crippen molar-refractivity contribution in [3.05, 3.63) is 34.9 Å². The van der Waals surface area contributed by atoms with Crippen molar-refractivity contribution in [2.24, 2.45) is 7.05 Å². The van der Waals surface area contributed by atoms with Crippen molar-refractivity contribution in [1.29, 1.82) is 0 Å². The molecule has 0 fully saturated rings. The number of carbonyl (C=O) groups is 1. The summed E-state index contributed by atoms with van der Waals surface area (Å²) >= 11 is 3.48. The van der Waals surface area contributed by atoms with Crippen LogP contribution in [-0.2, 0) is 11.8 Å². The third-order valence-corrected chi connectivity index (χ3v) is 3.34. The fraction of sp³-hybridized carbons (Fsp3) is 0.231. The Morgan fingerprint density at radius 1 is 1.44 bits per heavy atom. The molecular weight excluding hydrogens is 294 g/mol. The zero-order valence-electron chi connectivity index (χ0n) is 10.5. The molecule has 2 rings (SSSR count). The molecule has 1 aromatic heterocycles. The van der Waals surface area contributed by atoms with Crippen LogP contribution in [0.2, 0.25) is 0 Å². The summed E-state index contributed by atoms with van der Waals surface area (Å²) in [4.78, 5) is 13.0. The monoisotopic (exact) mass is 307 g/mol. The summed E-state index contributed by atoms with van der Waals surface area (Å²) in [5, 5.41) is 4.39. The third-order valence-electron chi connectivity index (χ3n) is 2.76. The highest BCUT2D eigenvalue weighted by Crippen LogP contribution is 2.28. The summed E-state index contributed by atoms with van der Waals surface area (Å²) in [7, 11) is 3.63. The SMILES string of the molecule is CC(=O)N(C)c1cccc(-c2nn(C)cc2Br)c1. The van der Waals surface area contributed by atoms with Crippen molar-refractivity contribution in [3.8, 4) is 11.3 Å². The number of aryl methyl sites for hydroxylation is 1. The molecule has 0 spiro atoms. The normalized spacial score (nSPS) is 10.4. The average Bonchev–Trinajstić information content (AvgIpc) is 2.67. The molecule has 1 aromatic carbocycles. The molecule has 4 nitrogen and oxygen atoms in total. The van der Waals surface area contributed by atoms with Gasteiger partial charge in [-0.3, -0.25) is 9.48 Å². The van der Waals surface area contributed by atoms with Crippen molar-refractivity contribution in [2.45, 2.75) is 6.92 Å². The standard InChI is InChI=1S/C13H14BrN3O/c1-9(18)17(3)11-6-4-5-10(7-11)13-12(14)8-16(2)15-13/h4-8H,1-3H3. The van der Waals surface area contributed by atoms with E-state index >= 15 is 0 Å². The maximum Gasteiger partial charge on any atom is 0.223 e. The molecule has 94 valence electrons. The van der Waals surface area contributed by atoms with Crippen molar-refractivity contribution in [2.75, 3.05) is 11.9 Å². The summed E-state index contributed by atoms with van der Waals surface area (Å²) < 4.78 is 2.69. The van der Waals surface area contributed by atoms with Crippen LogP contribution in [0.4, 0.5) is 5.69 Å². The Kier molecular flexibility index (Phi) is 3.52. The van der Waals surface area contributed by atoms with Crippen LogP contribution >= 0.6 is 15.9 Å². The maximum atomic E-state index is 11.4. The first kappa shape index (κ1) is 12.8. The summed E-state index contributed by atoms with van der Waals surface area (Å²) in [5.74, 6) is 0.00670. The Morgan fingerprint density at radius 2 is 2.17 bits per heavy atom. The van der Waals surface area contributed by atoms with E-state index in [9.17, 15) is 4.79 Å². The second kappa shape index (κ2) is 4.94. The minimum absolute atomic E-state index is 0.00670. The van der Waals surface area contributed by atoms with Crippen LogP contribution < -0.4 is 4.90 Å². The Morgan fingerprint density at radius 3 is 2.72 bits per heavy atom. The van der Waals surface area contributed by atoms with E-state index in [-0.39, 0.29) is 5.91 Å². The fourth-order valence-electron chi connectivity index (χ4n) is 1.70. The number of rotatable bonds is 2. The van der Waals surface area contributed by atoms with E-state index < -0.39 is 0 Å². The van der Waals surface area contributed by atoms with Crippen LogP contribution in [0.15, 0.2) is 34.9 Å². The van der Waals surface area contributed by atoms with E-state index in [1.807, 2.05) is 37.5 Å². The van der Waals surface area contributed by atoms with E-state index in [1.54, 1.807) is 23.6 Å². The molecule has 2 aromatic rings. The topological polar surface area (TPSA) is 38.1 Å². The van der Waals surface area contributed by atoms with E-state index in [2.05, 4.69) is 21.0 Å². The summed E-state index contributed by atoms with van der Waals surface area (Å²) in [6.07, 6.45) is 1.90. The first-order valence-electron chi connectivity index (χ1n) is 5.53. The van der Waals surface area contributed by atoms with Gasteiger partial charge in [0.25, 0.3) is 0 Å². The lowest BCUT2D eigenvalue weighted by molar-refractivity contribution is -0.116. The summed E-state index contributed by atoms with van der Waals surface area (Å²) in [5.41, 5.74) is 2.71. The van der Waals surface area contributed by atoms with E-state index in [0.717, 1.165) is 21.4 Å². The third kappa shape index (κ3) is 2.46. The zero-order chi connectivity index (χ0) is 13.3. The van der Waals surface area contributed by atoms with Gasteiger partial charge < -0.3 is 4.90 Å². The van der Waals surface area contributed by atoms with Gasteiger partial charge in [-0.25, -0.2) is 0 Å². The second-order valence-corrected chi connectivity index (χ2v) is 4.98. The molecule has 5 heteroatoms. The van der Waals surface area contributed by atoms with E-state index in [0.29, 0.717) is 0 Å². The van der Waals surface area contributed by atoms with Crippen LogP contribution in [0.5, 0.6) is 0 Å². The average molecular weight is 308 g/mol. The Bertz CT molecular complexity index is 592. The van der Waals surface area contributed by atoms with Gasteiger partial charge in [0, 0.05) is 38.5 Å². The van der Waals surface area contributed by atoms with Crippen LogP contribution in [0.1, 0.15) is 6.92 Å². The summed E-state index contributed by atoms with van der Waals surface area (Å²) in [6, 6.07) is 7.76. The van der Waals surface area contributed by atoms with Gasteiger partial charge in [0.1, 0.15) is 5.69 Å². The van der Waals surface area contributed by atoms with Gasteiger partial charge in [0.2, 0.25) is 5.91 Å². The highest BCUT2D eigenvalue weighted by Gasteiger charge is 2.11. The highest BCUT2D eigenvalue weighted by atomic mass is 79.9. The molecule has 0 bridgehead atoms. The number of aromatic nitrogens is 2. The number of anilines is 1. The minimum Gasteiger partial charge on any atom is -0.316 e. The van der Waals surface area contributed by atoms with Crippen LogP contribution in [0.25, 0.3) is 11.3 Å². The number of carbonyl (C=O) groups excluding carboxylic acids is 1. The Labute approximate surface area is 114 Å². The molecule has 0 unspecified atom stereocenters. The van der Waals surface area contributed by atoms with Gasteiger partial charge in [-0.2, -0.15) is 5.10 Å². The molecule has 0 saturated carbocycles. The molecule has 0 aliphatic carbocycles. The predicted octanol–water partition coefficient (Wildman–Crippen LogP) is 2.83. The quantitative estimate of drug-likeness (QED) is 0.855. The minimum atomic E-state index is 0.00670. The maximum absolute atomic E-state index is 11.4. The molecule has 0 saturated heterocycles. The van der Waals surface area contributed by atoms with Crippen LogP contribution in [0, 0.1) is 0 Å². The molecule has 0 atom stereocenters. The number of benzene rings is 1. The van der Waals surface area contributed by atoms with Crippen molar-refractivity contribution in [1.82, 2.24) is 9.78 Å². The van der Waals surface area contributed by atoms with Crippen LogP contribution in [0.3, 0.4) is 0 Å². The lowest BCUT2D eigenvalue weighted by atomic mass is 10.1. The summed E-state index contributed by atoms with van der Waals surface area (Å²) in [6.45, 7) is 1.54. The lowest BCUT2D eigenvalue weighted by Gasteiger charge is -2.15. The Balaban J connectivity index is 2.44. The highest BCUT2D eigenvalue weighted by molar-refractivity contribution is 9.10. The number of amides is 1. The fourth-order valence-corrected chi connectivity index (χ4v) is 2.30. The van der Waals surface area contributed by atoms with Crippen molar-refractivity contribution < 1.29 is 4.79 Å². The predicted molar refractivity (Wildman–Crippen MR) is 75.4 cm³/mol. The number of nitrogens with zero attached hydrogens (tertiary/aromatic N) is 3. The Hall–Kier alpha value is -1.62. The molecule has 1 heterocycles. The van der Waals surface area contributed by atoms with Gasteiger partial charge in [0.15, 0.2) is 0 Å². The molecule has 0 aliphatic rings. The molecule has 0 N–H and O–H groups in total. The van der Waals surface area contributed by atoms with Gasteiger partial charge in [-0.1, -0.05) is 12.1 Å². The van der Waals surface area contributed by atoms with Gasteiger partial charge in [-0.05, 0) is 28.1 Å². The van der Waals surface area contributed by atoms with Crippen molar-refractivity contribution in [3.63, 3.8) is 0 Å². The first-order valence-corrected chi connectivity index (χ1v) is 6.32. The zero-order valence-corrected chi connectivity index (χ0v) is 12.1. The second-order valence-electron chi connectivity index (χ2n) is 4.13. The smallest absolute Gasteiger partial charge is 0.223 e. The van der Waals surface area contributed by atoms with Crippen LogP contribution in [-0.4, -0.2) is 22.7 Å². The van der Waals surface area contributed by atoms with E-state index in [1.165, 1.54) is 0 Å². The van der Waals surface area contributed by atoms with Gasteiger partial charge in [0.05, 0.1) is 4.47 Å². The molecule has 0 aliphatic heterocycles.